The summed E-state index contributed by atoms with van der Waals surface area (Å²) in [7, 11) is 0. The van der Waals surface area contributed by atoms with E-state index in [4.69, 9.17) is 29.2 Å². The second kappa shape index (κ2) is 45.5. The maximum absolute atomic E-state index is 13.0. The molecule has 0 spiro atoms. The number of ether oxygens (including phenoxy) is 4. The Labute approximate surface area is 432 Å². The Balaban J connectivity index is 1.98. The first-order chi connectivity index (χ1) is 34.8. The van der Waals surface area contributed by atoms with Gasteiger partial charge < -0.3 is 60.9 Å². The number of rotatable bonds is 49. The fourth-order valence-electron chi connectivity index (χ4n) is 8.09. The second-order valence-corrected chi connectivity index (χ2v) is 18.8. The van der Waals surface area contributed by atoms with Crippen molar-refractivity contribution in [2.75, 3.05) is 79.0 Å². The van der Waals surface area contributed by atoms with Crippen LogP contribution >= 0.6 is 12.8 Å². The average molecular weight is 1050 g/mol. The molecule has 0 aromatic rings. The van der Waals surface area contributed by atoms with Crippen LogP contribution in [0.1, 0.15) is 167 Å². The highest BCUT2D eigenvalue weighted by atomic mass is 32.1. The van der Waals surface area contributed by atoms with Crippen molar-refractivity contribution in [3.05, 3.63) is 0 Å². The topological polar surface area (TPSA) is 306 Å². The highest BCUT2D eigenvalue weighted by Gasteiger charge is 2.30. The minimum absolute atomic E-state index is 0.0625. The molecule has 0 saturated heterocycles. The first-order valence-electron chi connectivity index (χ1n) is 26.6. The summed E-state index contributed by atoms with van der Waals surface area (Å²) in [6.07, 6.45) is 22.3. The van der Waals surface area contributed by atoms with E-state index >= 15 is 0 Å². The molecule has 0 unspecified atom stereocenters. The normalized spacial score (nSPS) is 15.2. The average Bonchev–Trinajstić information content (AvgIpc) is 3.35. The van der Waals surface area contributed by atoms with Crippen molar-refractivity contribution in [1.82, 2.24) is 31.3 Å². The quantitative estimate of drug-likeness (QED) is 0.0297. The monoisotopic (exact) mass is 1050 g/mol. The zero-order valence-corrected chi connectivity index (χ0v) is 43.8. The molecule has 1 aliphatic rings. The molecule has 0 radical (unpaired) electrons. The van der Waals surface area contributed by atoms with Crippen molar-refractivity contribution in [3.63, 3.8) is 0 Å². The molecule has 1 saturated carbocycles. The van der Waals surface area contributed by atoms with E-state index in [1.807, 2.05) is 0 Å². The fraction of sp³-hybridized carbons (Fsp3) is 0.840. The minimum atomic E-state index is -1.21. The first-order valence-corrected chi connectivity index (χ1v) is 27.0. The lowest BCUT2D eigenvalue weighted by atomic mass is 9.81. The molecule has 0 aromatic heterocycles. The van der Waals surface area contributed by atoms with Crippen LogP contribution in [0.2, 0.25) is 0 Å². The van der Waals surface area contributed by atoms with Crippen LogP contribution in [-0.2, 0) is 57.3 Å². The van der Waals surface area contributed by atoms with Crippen molar-refractivity contribution < 1.29 is 72.6 Å². The van der Waals surface area contributed by atoms with Gasteiger partial charge in [-0.05, 0) is 70.1 Å². The van der Waals surface area contributed by atoms with E-state index in [9.17, 15) is 43.5 Å². The third-order valence-corrected chi connectivity index (χ3v) is 12.7. The van der Waals surface area contributed by atoms with Crippen molar-refractivity contribution in [2.45, 2.75) is 179 Å². The lowest BCUT2D eigenvalue weighted by molar-refractivity contribution is -0.143. The summed E-state index contributed by atoms with van der Waals surface area (Å²) >= 11 is 3.78. The van der Waals surface area contributed by atoms with Gasteiger partial charge in [0.1, 0.15) is 25.3 Å². The number of thiol groups is 1. The summed E-state index contributed by atoms with van der Waals surface area (Å²) < 4.78 is 23.7. The van der Waals surface area contributed by atoms with Crippen LogP contribution < -0.4 is 31.3 Å². The van der Waals surface area contributed by atoms with Crippen molar-refractivity contribution in [1.29, 1.82) is 0 Å². The predicted octanol–water partition coefficient (Wildman–Crippen LogP) is 4.45. The molecule has 2 atom stereocenters. The third-order valence-electron chi connectivity index (χ3n) is 12.4. The van der Waals surface area contributed by atoms with Crippen LogP contribution in [0.25, 0.3) is 0 Å². The Bertz CT molecular complexity index is 1510. The second-order valence-electron chi connectivity index (χ2n) is 18.6. The van der Waals surface area contributed by atoms with Gasteiger partial charge in [-0.2, -0.15) is 0 Å². The number of carboxylic acids is 3. The van der Waals surface area contributed by atoms with Crippen LogP contribution in [0.4, 0.5) is 0 Å². The zero-order chi connectivity index (χ0) is 52.9. The number of hydrogen-bond acceptors (Lipinski definition) is 14. The van der Waals surface area contributed by atoms with Gasteiger partial charge in [-0.1, -0.05) is 96.3 Å². The van der Waals surface area contributed by atoms with Gasteiger partial charge >= 0.3 is 17.9 Å². The van der Waals surface area contributed by atoms with Gasteiger partial charge in [-0.25, -0.2) is 4.79 Å². The SMILES string of the molecule is O=C(O)CCCCCCCCCCCCCCCCCC(=O)NCC1CCC(C(=O)N[C@@H](CCC(=O)NCCOCCOCC(=O)NCCOCCOCC(=O)NCCCC[C@H](NS)C(=O)O)C(=O)O)CC1. The van der Waals surface area contributed by atoms with Crippen LogP contribution in [0.5, 0.6) is 0 Å². The smallest absolute Gasteiger partial charge is 0.326 e. The summed E-state index contributed by atoms with van der Waals surface area (Å²) in [5.74, 6) is -4.20. The molecular formula is C50H90N6O15S. The van der Waals surface area contributed by atoms with Crippen molar-refractivity contribution >= 4 is 60.3 Å². The standard InChI is InChI=1S/C50H90N6O15S/c57-43(19-14-12-10-8-6-4-2-1-3-5-7-9-11-13-15-20-47(61)62)54-36-39-21-23-40(24-22-39)48(63)55-41(49(64)65)25-26-44(58)52-28-30-68-32-35-71-38-46(60)53-29-31-69-33-34-70-37-45(59)51-27-17-16-18-42(56-72)50(66)67/h39-42,56,72H,1-38H2,(H,51,59)(H,52,58)(H,53,60)(H,54,57)(H,55,63)(H,61,62)(H,64,65)(H,66,67)/t39?,40?,41-,42-/m0/s1. The molecule has 1 fully saturated rings. The molecule has 1 aliphatic carbocycles. The number of amides is 5. The van der Waals surface area contributed by atoms with Crippen LogP contribution in [-0.4, -0.2) is 154 Å². The molecule has 0 heterocycles. The van der Waals surface area contributed by atoms with Crippen molar-refractivity contribution in [2.24, 2.45) is 11.8 Å². The minimum Gasteiger partial charge on any atom is -0.481 e. The predicted molar refractivity (Wildman–Crippen MR) is 273 cm³/mol. The van der Waals surface area contributed by atoms with E-state index in [0.29, 0.717) is 51.6 Å². The molecule has 416 valence electrons. The van der Waals surface area contributed by atoms with Crippen LogP contribution in [0.3, 0.4) is 0 Å². The molecule has 0 aliphatic heterocycles. The fourth-order valence-corrected chi connectivity index (χ4v) is 8.33. The summed E-state index contributed by atoms with van der Waals surface area (Å²) in [6, 6.07) is -1.93. The molecule has 21 nitrogen and oxygen atoms in total. The highest BCUT2D eigenvalue weighted by Crippen LogP contribution is 2.29. The number of carbonyl (C=O) groups excluding carboxylic acids is 5. The number of carboxylic acid groups (broad SMARTS) is 3. The highest BCUT2D eigenvalue weighted by molar-refractivity contribution is 7.78. The lowest BCUT2D eigenvalue weighted by Crippen LogP contribution is -2.45. The summed E-state index contributed by atoms with van der Waals surface area (Å²) in [6.45, 7) is 2.26. The van der Waals surface area contributed by atoms with E-state index in [1.54, 1.807) is 0 Å². The van der Waals surface area contributed by atoms with Crippen molar-refractivity contribution in [3.8, 4) is 0 Å². The molecule has 72 heavy (non-hydrogen) atoms. The molecule has 5 amide bonds. The van der Waals surface area contributed by atoms with Gasteiger partial charge in [0.2, 0.25) is 29.5 Å². The molecule has 0 aromatic carbocycles. The zero-order valence-electron chi connectivity index (χ0n) is 42.9. The molecule has 1 rings (SSSR count). The number of unbranched alkanes of at least 4 members (excludes halogenated alkanes) is 15. The summed E-state index contributed by atoms with van der Waals surface area (Å²) in [5, 5.41) is 41.0. The van der Waals surface area contributed by atoms with Gasteiger partial charge in [0.05, 0.1) is 39.6 Å². The van der Waals surface area contributed by atoms with Crippen LogP contribution in [0.15, 0.2) is 0 Å². The van der Waals surface area contributed by atoms with E-state index in [-0.39, 0.29) is 127 Å². The van der Waals surface area contributed by atoms with Gasteiger partial charge in [0, 0.05) is 51.4 Å². The largest absolute Gasteiger partial charge is 0.481 e. The van der Waals surface area contributed by atoms with Gasteiger partial charge in [0.25, 0.3) is 0 Å². The summed E-state index contributed by atoms with van der Waals surface area (Å²) in [4.78, 5) is 94.9. The Morgan fingerprint density at radius 1 is 0.444 bits per heavy atom. The van der Waals surface area contributed by atoms with E-state index in [2.05, 4.69) is 44.1 Å². The molecule has 9 N–H and O–H groups in total. The Kier molecular flexibility index (Phi) is 41.7. The number of nitrogens with one attached hydrogen (secondary N) is 6. The third kappa shape index (κ3) is 39.4. The van der Waals surface area contributed by atoms with E-state index in [1.165, 1.54) is 57.8 Å². The molecular weight excluding hydrogens is 957 g/mol. The number of carbonyl (C=O) groups is 8. The Hall–Kier alpha value is -4.09. The Morgan fingerprint density at radius 3 is 1.38 bits per heavy atom. The molecule has 0 bridgehead atoms. The van der Waals surface area contributed by atoms with Gasteiger partial charge in [0.15, 0.2) is 0 Å². The number of aliphatic carboxylic acids is 3. The Morgan fingerprint density at radius 2 is 0.889 bits per heavy atom. The molecule has 22 heteroatoms. The maximum atomic E-state index is 13.0. The van der Waals surface area contributed by atoms with E-state index < -0.39 is 30.0 Å². The summed E-state index contributed by atoms with van der Waals surface area (Å²) in [5.41, 5.74) is 0. The lowest BCUT2D eigenvalue weighted by Gasteiger charge is -2.28. The van der Waals surface area contributed by atoms with Gasteiger partial charge in [-0.3, -0.25) is 38.3 Å². The maximum Gasteiger partial charge on any atom is 0.326 e. The number of hydrogen-bond donors (Lipinski definition) is 10. The van der Waals surface area contributed by atoms with Gasteiger partial charge in [-0.15, -0.1) is 0 Å². The first kappa shape index (κ1) is 65.9. The van der Waals surface area contributed by atoms with Crippen LogP contribution in [0, 0.1) is 11.8 Å². The van der Waals surface area contributed by atoms with E-state index in [0.717, 1.165) is 51.4 Å².